The van der Waals surface area contributed by atoms with Crippen LogP contribution in [0.3, 0.4) is 0 Å². The van der Waals surface area contributed by atoms with Gasteiger partial charge in [-0.15, -0.1) is 0 Å². The lowest BCUT2D eigenvalue weighted by atomic mass is 10.1. The van der Waals surface area contributed by atoms with E-state index in [1.165, 1.54) is 17.3 Å². The van der Waals surface area contributed by atoms with Gasteiger partial charge < -0.3 is 28.9 Å². The van der Waals surface area contributed by atoms with Crippen LogP contribution in [-0.2, 0) is 9.47 Å². The molecule has 2 N–H and O–H groups in total. The van der Waals surface area contributed by atoms with Crippen LogP contribution >= 0.6 is 0 Å². The molecule has 2 aliphatic heterocycles. The number of anilines is 3. The Balaban J connectivity index is 1.27. The first-order chi connectivity index (χ1) is 18.4. The van der Waals surface area contributed by atoms with Crippen LogP contribution in [0.1, 0.15) is 19.8 Å². The van der Waals surface area contributed by atoms with Crippen LogP contribution in [0.5, 0.6) is 5.88 Å². The van der Waals surface area contributed by atoms with E-state index in [1.54, 1.807) is 24.2 Å². The zero-order chi connectivity index (χ0) is 26.9. The Morgan fingerprint density at radius 1 is 1.18 bits per heavy atom. The first kappa shape index (κ1) is 26.6. The van der Waals surface area contributed by atoms with E-state index in [9.17, 15) is 14.4 Å². The van der Waals surface area contributed by atoms with E-state index in [1.807, 2.05) is 11.8 Å². The molecule has 0 aromatic carbocycles. The number of amides is 4. The molecule has 38 heavy (non-hydrogen) atoms. The fraction of sp³-hybridized carbons (Fsp3) is 0.522. The van der Waals surface area contributed by atoms with Gasteiger partial charge in [0.15, 0.2) is 5.82 Å². The number of likely N-dealkylation sites (N-methyl/N-ethyl adjacent to an activating group) is 1. The number of piperidine rings is 1. The van der Waals surface area contributed by atoms with Crippen LogP contribution in [0.25, 0.3) is 0 Å². The summed E-state index contributed by atoms with van der Waals surface area (Å²) in [6.07, 6.45) is 4.98. The number of nitrogens with one attached hydrogen (secondary N) is 2. The van der Waals surface area contributed by atoms with Gasteiger partial charge in [-0.25, -0.2) is 29.3 Å². The molecule has 4 amide bonds. The number of nitrogens with zero attached hydrogens (tertiary/aromatic N) is 7. The highest BCUT2D eigenvalue weighted by molar-refractivity contribution is 5.88. The minimum absolute atomic E-state index is 0.0311. The molecule has 15 heteroatoms. The van der Waals surface area contributed by atoms with Crippen molar-refractivity contribution in [3.8, 4) is 5.88 Å². The first-order valence-corrected chi connectivity index (χ1v) is 12.3. The Labute approximate surface area is 219 Å². The summed E-state index contributed by atoms with van der Waals surface area (Å²) in [5.74, 6) is 1.43. The minimum Gasteiger partial charge on any atom is -0.477 e. The fourth-order valence-corrected chi connectivity index (χ4v) is 4.01. The molecule has 2 aliphatic rings. The maximum absolute atomic E-state index is 12.8. The molecule has 15 nitrogen and oxygen atoms in total. The van der Waals surface area contributed by atoms with Crippen LogP contribution < -0.4 is 20.3 Å². The number of carbonyl (C=O) groups excluding carboxylic acids is 3. The molecule has 204 valence electrons. The summed E-state index contributed by atoms with van der Waals surface area (Å²) in [5.41, 5.74) is 0. The van der Waals surface area contributed by atoms with Crippen molar-refractivity contribution in [3.05, 3.63) is 24.7 Å². The molecule has 0 unspecified atom stereocenters. The van der Waals surface area contributed by atoms with Crippen LogP contribution in [0.2, 0.25) is 0 Å². The van der Waals surface area contributed by atoms with Crippen molar-refractivity contribution in [1.82, 2.24) is 29.7 Å². The summed E-state index contributed by atoms with van der Waals surface area (Å²) in [7, 11) is 1.72. The summed E-state index contributed by atoms with van der Waals surface area (Å²) < 4.78 is 15.3. The third-order valence-corrected chi connectivity index (χ3v) is 6.02. The van der Waals surface area contributed by atoms with Crippen molar-refractivity contribution in [3.63, 3.8) is 0 Å². The SMILES string of the molecule is CCOc1cnc(NC(=O)N(C)[C@@H]2CCCN(c3nccc(NC(=O)OCCN4CCOC4=O)n3)C2)cn1. The molecular weight excluding hydrogens is 498 g/mol. The number of hydrogen-bond acceptors (Lipinski definition) is 11. The van der Waals surface area contributed by atoms with Gasteiger partial charge in [0.05, 0.1) is 38.1 Å². The van der Waals surface area contributed by atoms with E-state index in [0.717, 1.165) is 12.8 Å². The van der Waals surface area contributed by atoms with Crippen molar-refractivity contribution < 1.29 is 28.6 Å². The predicted molar refractivity (Wildman–Crippen MR) is 135 cm³/mol. The maximum Gasteiger partial charge on any atom is 0.412 e. The summed E-state index contributed by atoms with van der Waals surface area (Å²) in [6, 6.07) is 1.15. The lowest BCUT2D eigenvalue weighted by molar-refractivity contribution is 0.135. The lowest BCUT2D eigenvalue weighted by Crippen LogP contribution is -2.50. The minimum atomic E-state index is -0.687. The van der Waals surface area contributed by atoms with Gasteiger partial charge >= 0.3 is 18.2 Å². The third-order valence-electron chi connectivity index (χ3n) is 6.02. The highest BCUT2D eigenvalue weighted by atomic mass is 16.6. The molecule has 0 bridgehead atoms. The van der Waals surface area contributed by atoms with Gasteiger partial charge in [0.2, 0.25) is 11.8 Å². The van der Waals surface area contributed by atoms with Gasteiger partial charge in [0, 0.05) is 26.3 Å². The number of ether oxygens (including phenoxy) is 3. The van der Waals surface area contributed by atoms with Crippen molar-refractivity contribution in [2.75, 3.05) is 68.6 Å². The summed E-state index contributed by atoms with van der Waals surface area (Å²) in [5, 5.41) is 5.33. The van der Waals surface area contributed by atoms with Crippen molar-refractivity contribution in [2.24, 2.45) is 0 Å². The number of aromatic nitrogens is 4. The standard InChI is InChI=1S/C23H31N9O6/c1-3-36-19-14-25-18(13-26-19)28-21(33)30(2)16-5-4-8-32(15-16)20-24-7-6-17(27-20)29-22(34)37-11-9-31-10-12-38-23(31)35/h6-7,13-14,16H,3-5,8-12,15H2,1-2H3,(H,25,28,33)(H,24,27,29,34)/t16-/m1/s1. The Kier molecular flexibility index (Phi) is 8.89. The van der Waals surface area contributed by atoms with Gasteiger partial charge in [-0.1, -0.05) is 0 Å². The molecule has 2 aromatic rings. The Morgan fingerprint density at radius 2 is 2.05 bits per heavy atom. The fourth-order valence-electron chi connectivity index (χ4n) is 4.01. The molecule has 4 rings (SSSR count). The quantitative estimate of drug-likeness (QED) is 0.487. The Bertz CT molecular complexity index is 1120. The number of carbonyl (C=O) groups is 3. The average Bonchev–Trinajstić information content (AvgIpc) is 3.34. The van der Waals surface area contributed by atoms with E-state index in [-0.39, 0.29) is 31.0 Å². The highest BCUT2D eigenvalue weighted by Gasteiger charge is 2.28. The van der Waals surface area contributed by atoms with Crippen LogP contribution in [-0.4, -0.2) is 107 Å². The van der Waals surface area contributed by atoms with Crippen LogP contribution in [0.4, 0.5) is 32.0 Å². The molecule has 0 saturated carbocycles. The van der Waals surface area contributed by atoms with Crippen molar-refractivity contribution in [2.45, 2.75) is 25.8 Å². The molecular formula is C23H31N9O6. The zero-order valence-electron chi connectivity index (χ0n) is 21.3. The summed E-state index contributed by atoms with van der Waals surface area (Å²) in [4.78, 5) is 58.5. The normalized spacial score (nSPS) is 17.0. The van der Waals surface area contributed by atoms with Gasteiger partial charge in [-0.2, -0.15) is 4.98 Å². The van der Waals surface area contributed by atoms with Crippen LogP contribution in [0.15, 0.2) is 24.7 Å². The second-order valence-corrected chi connectivity index (χ2v) is 8.56. The summed E-state index contributed by atoms with van der Waals surface area (Å²) in [6.45, 7) is 4.64. The number of urea groups is 1. The number of hydrogen-bond donors (Lipinski definition) is 2. The number of rotatable bonds is 9. The third kappa shape index (κ3) is 7.08. The van der Waals surface area contributed by atoms with E-state index >= 15 is 0 Å². The van der Waals surface area contributed by atoms with E-state index in [4.69, 9.17) is 14.2 Å². The predicted octanol–water partition coefficient (Wildman–Crippen LogP) is 1.80. The average molecular weight is 530 g/mol. The zero-order valence-corrected chi connectivity index (χ0v) is 21.3. The molecule has 0 aliphatic carbocycles. The van der Waals surface area contributed by atoms with Crippen LogP contribution in [0, 0.1) is 0 Å². The Morgan fingerprint density at radius 3 is 2.79 bits per heavy atom. The largest absolute Gasteiger partial charge is 0.477 e. The molecule has 2 aromatic heterocycles. The monoisotopic (exact) mass is 529 g/mol. The number of cyclic esters (lactones) is 1. The first-order valence-electron chi connectivity index (χ1n) is 12.3. The molecule has 2 saturated heterocycles. The summed E-state index contributed by atoms with van der Waals surface area (Å²) >= 11 is 0. The van der Waals surface area contributed by atoms with E-state index < -0.39 is 12.2 Å². The van der Waals surface area contributed by atoms with Crippen molar-refractivity contribution >= 4 is 35.8 Å². The highest BCUT2D eigenvalue weighted by Crippen LogP contribution is 2.21. The molecule has 4 heterocycles. The van der Waals surface area contributed by atoms with Gasteiger partial charge in [-0.05, 0) is 25.8 Å². The molecule has 0 radical (unpaired) electrons. The topological polar surface area (TPSA) is 164 Å². The molecule has 1 atom stereocenters. The second kappa shape index (κ2) is 12.7. The van der Waals surface area contributed by atoms with E-state index in [0.29, 0.717) is 50.5 Å². The smallest absolute Gasteiger partial charge is 0.412 e. The Hall–Kier alpha value is -4.43. The van der Waals surface area contributed by atoms with E-state index in [2.05, 4.69) is 30.6 Å². The van der Waals surface area contributed by atoms with Gasteiger partial charge in [-0.3, -0.25) is 10.6 Å². The maximum atomic E-state index is 12.8. The van der Waals surface area contributed by atoms with Gasteiger partial charge in [0.25, 0.3) is 0 Å². The second-order valence-electron chi connectivity index (χ2n) is 8.56. The van der Waals surface area contributed by atoms with Gasteiger partial charge in [0.1, 0.15) is 19.0 Å². The molecule has 2 fully saturated rings. The molecule has 0 spiro atoms. The lowest BCUT2D eigenvalue weighted by Gasteiger charge is -2.37. The van der Waals surface area contributed by atoms with Crippen molar-refractivity contribution in [1.29, 1.82) is 0 Å².